The van der Waals surface area contributed by atoms with Gasteiger partial charge in [0, 0.05) is 16.9 Å². The molecule has 3 rings (SSSR count). The molecule has 0 saturated carbocycles. The van der Waals surface area contributed by atoms with Crippen LogP contribution in [0.1, 0.15) is 5.69 Å². The lowest BCUT2D eigenvalue weighted by Crippen LogP contribution is -1.97. The van der Waals surface area contributed by atoms with E-state index in [1.165, 1.54) is 11.3 Å². The van der Waals surface area contributed by atoms with Gasteiger partial charge in [-0.3, -0.25) is 4.79 Å². The van der Waals surface area contributed by atoms with E-state index >= 15 is 0 Å². The summed E-state index contributed by atoms with van der Waals surface area (Å²) in [6.45, 7) is 1.87. The van der Waals surface area contributed by atoms with Gasteiger partial charge in [-0.1, -0.05) is 22.9 Å². The second-order valence-electron chi connectivity index (χ2n) is 4.59. The Balaban J connectivity index is 1.87. The summed E-state index contributed by atoms with van der Waals surface area (Å²) in [5.41, 5.74) is 2.39. The maximum absolute atomic E-state index is 10.5. The maximum atomic E-state index is 10.5. The summed E-state index contributed by atoms with van der Waals surface area (Å²) in [6, 6.07) is 9.08. The van der Waals surface area contributed by atoms with Crippen LogP contribution in [-0.4, -0.2) is 21.4 Å². The van der Waals surface area contributed by atoms with E-state index in [-0.39, 0.29) is 0 Å². The molecule has 0 aliphatic carbocycles. The van der Waals surface area contributed by atoms with E-state index in [9.17, 15) is 4.79 Å². The number of benzene rings is 1. The second kappa shape index (κ2) is 6.72. The smallest absolute Gasteiger partial charge is 0.227 e. The van der Waals surface area contributed by atoms with Gasteiger partial charge in [-0.25, -0.2) is 15.0 Å². The molecular weight excluding hydrogens is 334 g/mol. The highest BCUT2D eigenvalue weighted by Gasteiger charge is 2.11. The van der Waals surface area contributed by atoms with Crippen molar-refractivity contribution in [2.24, 2.45) is 0 Å². The molecule has 0 atom stereocenters. The van der Waals surface area contributed by atoms with Gasteiger partial charge < -0.3 is 10.6 Å². The molecule has 0 unspecified atom stereocenters. The Morgan fingerprint density at radius 3 is 2.70 bits per heavy atom. The fourth-order valence-electron chi connectivity index (χ4n) is 1.95. The average Bonchev–Trinajstić information content (AvgIpc) is 2.91. The number of thiazole rings is 1. The molecule has 0 aliphatic heterocycles. The molecule has 1 aromatic carbocycles. The number of aryl methyl sites for hydroxylation is 1. The largest absolute Gasteiger partial charge is 0.324 e. The van der Waals surface area contributed by atoms with Crippen LogP contribution in [0.4, 0.5) is 16.8 Å². The number of hydrogen-bond donors (Lipinski definition) is 2. The Hall–Kier alpha value is -2.51. The third-order valence-electron chi connectivity index (χ3n) is 2.97. The normalized spacial score (nSPS) is 10.3. The van der Waals surface area contributed by atoms with Gasteiger partial charge in [0.25, 0.3) is 0 Å². The molecular formula is C15H12ClN5OS. The summed E-state index contributed by atoms with van der Waals surface area (Å²) in [5.74, 6) is 0.475. The lowest BCUT2D eigenvalue weighted by Gasteiger charge is -2.06. The van der Waals surface area contributed by atoms with Crippen molar-refractivity contribution in [3.63, 3.8) is 0 Å². The fraction of sp³-hybridized carbons (Fsp3) is 0.0667. The average molecular weight is 346 g/mol. The van der Waals surface area contributed by atoms with Crippen LogP contribution in [0.3, 0.4) is 0 Å². The van der Waals surface area contributed by atoms with E-state index in [1.807, 2.05) is 19.1 Å². The SMILES string of the molecule is Cc1nc(NC=O)sc1-c1ccnc(Nc2ccc(Cl)cc2)n1. The summed E-state index contributed by atoms with van der Waals surface area (Å²) in [5, 5.41) is 6.89. The van der Waals surface area contributed by atoms with Crippen LogP contribution in [-0.2, 0) is 4.79 Å². The van der Waals surface area contributed by atoms with E-state index in [4.69, 9.17) is 11.6 Å². The summed E-state index contributed by atoms with van der Waals surface area (Å²) in [4.78, 5) is 24.4. The van der Waals surface area contributed by atoms with Gasteiger partial charge in [0.2, 0.25) is 12.4 Å². The molecule has 8 heteroatoms. The quantitative estimate of drug-likeness (QED) is 0.686. The summed E-state index contributed by atoms with van der Waals surface area (Å²) >= 11 is 7.24. The zero-order chi connectivity index (χ0) is 16.2. The Morgan fingerprint density at radius 2 is 1.96 bits per heavy atom. The van der Waals surface area contributed by atoms with E-state index in [0.717, 1.165) is 22.0 Å². The van der Waals surface area contributed by atoms with Crippen molar-refractivity contribution in [3.8, 4) is 10.6 Å². The molecule has 2 N–H and O–H groups in total. The molecule has 0 saturated heterocycles. The van der Waals surface area contributed by atoms with Crippen LogP contribution in [0, 0.1) is 6.92 Å². The zero-order valence-corrected chi connectivity index (χ0v) is 13.6. The number of hydrogen-bond acceptors (Lipinski definition) is 6. The molecule has 2 heterocycles. The topological polar surface area (TPSA) is 79.8 Å². The molecule has 0 bridgehead atoms. The van der Waals surface area contributed by atoms with Gasteiger partial charge in [0.1, 0.15) is 0 Å². The number of carbonyl (C=O) groups excluding carboxylic acids is 1. The van der Waals surface area contributed by atoms with Crippen molar-refractivity contribution < 1.29 is 4.79 Å². The highest BCUT2D eigenvalue weighted by molar-refractivity contribution is 7.19. The Morgan fingerprint density at radius 1 is 1.17 bits per heavy atom. The number of halogens is 1. The number of nitrogens with zero attached hydrogens (tertiary/aromatic N) is 3. The summed E-state index contributed by atoms with van der Waals surface area (Å²) in [6.07, 6.45) is 2.28. The van der Waals surface area contributed by atoms with Crippen LogP contribution >= 0.6 is 22.9 Å². The van der Waals surface area contributed by atoms with Gasteiger partial charge in [0.15, 0.2) is 5.13 Å². The van der Waals surface area contributed by atoms with E-state index in [1.54, 1.807) is 24.4 Å². The van der Waals surface area contributed by atoms with E-state index in [2.05, 4.69) is 25.6 Å². The van der Waals surface area contributed by atoms with Crippen molar-refractivity contribution in [2.75, 3.05) is 10.6 Å². The lowest BCUT2D eigenvalue weighted by atomic mass is 10.3. The Labute approximate surface area is 141 Å². The number of amides is 1. The van der Waals surface area contributed by atoms with Crippen molar-refractivity contribution in [1.82, 2.24) is 15.0 Å². The van der Waals surface area contributed by atoms with E-state index < -0.39 is 0 Å². The van der Waals surface area contributed by atoms with E-state index in [0.29, 0.717) is 22.5 Å². The number of anilines is 3. The first-order valence-corrected chi connectivity index (χ1v) is 7.89. The maximum Gasteiger partial charge on any atom is 0.227 e. The van der Waals surface area contributed by atoms with Gasteiger partial charge in [-0.15, -0.1) is 0 Å². The number of rotatable bonds is 5. The third kappa shape index (κ3) is 3.64. The third-order valence-corrected chi connectivity index (χ3v) is 4.33. The molecule has 0 aliphatic rings. The minimum absolute atomic E-state index is 0.475. The minimum atomic E-state index is 0.475. The highest BCUT2D eigenvalue weighted by atomic mass is 35.5. The van der Waals surface area contributed by atoms with Crippen LogP contribution in [0.5, 0.6) is 0 Å². The molecule has 116 valence electrons. The molecule has 0 fully saturated rings. The van der Waals surface area contributed by atoms with Crippen molar-refractivity contribution in [3.05, 3.63) is 47.2 Å². The first kappa shape index (κ1) is 15.4. The van der Waals surface area contributed by atoms with Crippen LogP contribution in [0.15, 0.2) is 36.5 Å². The van der Waals surface area contributed by atoms with Gasteiger partial charge in [0.05, 0.1) is 16.3 Å². The number of nitrogens with one attached hydrogen (secondary N) is 2. The van der Waals surface area contributed by atoms with Gasteiger partial charge in [-0.2, -0.15) is 0 Å². The van der Waals surface area contributed by atoms with Crippen molar-refractivity contribution in [2.45, 2.75) is 6.92 Å². The zero-order valence-electron chi connectivity index (χ0n) is 12.1. The first-order chi connectivity index (χ1) is 11.2. The molecule has 2 aromatic heterocycles. The number of carbonyl (C=O) groups is 1. The molecule has 0 radical (unpaired) electrons. The molecule has 3 aromatic rings. The lowest BCUT2D eigenvalue weighted by molar-refractivity contribution is -0.105. The van der Waals surface area contributed by atoms with Gasteiger partial charge in [-0.05, 0) is 37.3 Å². The molecule has 6 nitrogen and oxygen atoms in total. The number of aromatic nitrogens is 3. The van der Waals surface area contributed by atoms with Crippen molar-refractivity contribution in [1.29, 1.82) is 0 Å². The summed E-state index contributed by atoms with van der Waals surface area (Å²) < 4.78 is 0. The first-order valence-electron chi connectivity index (χ1n) is 6.69. The molecule has 0 spiro atoms. The van der Waals surface area contributed by atoms with Gasteiger partial charge >= 0.3 is 0 Å². The van der Waals surface area contributed by atoms with Crippen molar-refractivity contribution >= 4 is 46.1 Å². The summed E-state index contributed by atoms with van der Waals surface area (Å²) in [7, 11) is 0. The standard InChI is InChI=1S/C15H12ClN5OS/c1-9-13(23-15(19-9)18-8-22)12-6-7-17-14(21-12)20-11-4-2-10(16)3-5-11/h2-8H,1H3,(H,17,20,21)(H,18,19,22). The monoisotopic (exact) mass is 345 g/mol. The van der Waals surface area contributed by atoms with Crippen LogP contribution < -0.4 is 10.6 Å². The fourth-order valence-corrected chi connectivity index (χ4v) is 2.97. The Bertz CT molecular complexity index is 834. The molecule has 23 heavy (non-hydrogen) atoms. The predicted octanol–water partition coefficient (Wildman–Crippen LogP) is 3.87. The highest BCUT2D eigenvalue weighted by Crippen LogP contribution is 2.31. The molecule has 1 amide bonds. The minimum Gasteiger partial charge on any atom is -0.324 e. The Kier molecular flexibility index (Phi) is 4.50. The van der Waals surface area contributed by atoms with Crippen LogP contribution in [0.25, 0.3) is 10.6 Å². The predicted molar refractivity (Wildman–Crippen MR) is 92.3 cm³/mol. The second-order valence-corrected chi connectivity index (χ2v) is 6.03. The van der Waals surface area contributed by atoms with Crippen LogP contribution in [0.2, 0.25) is 5.02 Å².